The lowest BCUT2D eigenvalue weighted by Crippen LogP contribution is -2.15. The molecule has 4 rings (SSSR count). The van der Waals surface area contributed by atoms with Crippen LogP contribution in [0.15, 0.2) is 48.5 Å². The molecule has 2 aromatic carbocycles. The maximum atomic E-state index is 13.0. The van der Waals surface area contributed by atoms with Crippen molar-refractivity contribution in [3.8, 4) is 5.69 Å². The van der Waals surface area contributed by atoms with Crippen molar-refractivity contribution < 1.29 is 9.53 Å². The van der Waals surface area contributed by atoms with Gasteiger partial charge in [-0.2, -0.15) is 0 Å². The van der Waals surface area contributed by atoms with Gasteiger partial charge in [0.15, 0.2) is 5.65 Å². The Morgan fingerprint density at radius 1 is 1.10 bits per heavy atom. The maximum Gasteiger partial charge on any atom is 0.344 e. The first-order valence-corrected chi connectivity index (χ1v) is 9.90. The van der Waals surface area contributed by atoms with Gasteiger partial charge in [-0.1, -0.05) is 38.1 Å². The van der Waals surface area contributed by atoms with Gasteiger partial charge < -0.3 is 10.5 Å². The number of anilines is 1. The van der Waals surface area contributed by atoms with Crippen molar-refractivity contribution in [3.05, 3.63) is 59.7 Å². The fourth-order valence-corrected chi connectivity index (χ4v) is 3.36. The van der Waals surface area contributed by atoms with E-state index in [0.717, 1.165) is 24.0 Å². The molecule has 29 heavy (non-hydrogen) atoms. The normalized spacial score (nSPS) is 12.4. The Morgan fingerprint density at radius 2 is 1.83 bits per heavy atom. The number of nitrogen functional groups attached to an aromatic ring is 1. The van der Waals surface area contributed by atoms with Crippen molar-refractivity contribution in [2.75, 3.05) is 5.73 Å². The SMILES string of the molecule is CCc1cccc(-n2c(N)c(C(=O)OC(C)CC)c3nc4ccccc4nc32)c1. The number of fused-ring (bicyclic) bond motifs is 2. The summed E-state index contributed by atoms with van der Waals surface area (Å²) in [5.74, 6) is -0.186. The van der Waals surface area contributed by atoms with E-state index in [1.807, 2.05) is 50.2 Å². The van der Waals surface area contributed by atoms with Crippen LogP contribution >= 0.6 is 0 Å². The molecule has 148 valence electrons. The number of nitrogens with zero attached hydrogens (tertiary/aromatic N) is 3. The Balaban J connectivity index is 2.02. The van der Waals surface area contributed by atoms with Crippen LogP contribution in [0.4, 0.5) is 5.82 Å². The van der Waals surface area contributed by atoms with Gasteiger partial charge in [0.25, 0.3) is 0 Å². The minimum absolute atomic E-state index is 0.211. The predicted octanol–water partition coefficient (Wildman–Crippen LogP) is 4.67. The topological polar surface area (TPSA) is 83.0 Å². The number of esters is 1. The Kier molecular flexibility index (Phi) is 4.92. The number of hydrogen-bond acceptors (Lipinski definition) is 5. The van der Waals surface area contributed by atoms with E-state index in [9.17, 15) is 4.79 Å². The van der Waals surface area contributed by atoms with Gasteiger partial charge in [0.05, 0.1) is 17.1 Å². The molecule has 0 amide bonds. The summed E-state index contributed by atoms with van der Waals surface area (Å²) in [6.07, 6.45) is 1.40. The first kappa shape index (κ1) is 18.9. The van der Waals surface area contributed by atoms with Gasteiger partial charge in [-0.05, 0) is 49.6 Å². The Bertz CT molecular complexity index is 1210. The molecule has 1 atom stereocenters. The average Bonchev–Trinajstić information content (AvgIpc) is 3.02. The van der Waals surface area contributed by atoms with Crippen molar-refractivity contribution in [2.24, 2.45) is 0 Å². The lowest BCUT2D eigenvalue weighted by Gasteiger charge is -2.11. The van der Waals surface area contributed by atoms with E-state index in [2.05, 4.69) is 19.1 Å². The lowest BCUT2D eigenvalue weighted by atomic mass is 10.1. The quantitative estimate of drug-likeness (QED) is 0.502. The summed E-state index contributed by atoms with van der Waals surface area (Å²) in [4.78, 5) is 22.5. The highest BCUT2D eigenvalue weighted by Crippen LogP contribution is 2.32. The molecule has 6 heteroatoms. The fourth-order valence-electron chi connectivity index (χ4n) is 3.36. The molecule has 0 aliphatic rings. The summed E-state index contributed by atoms with van der Waals surface area (Å²) in [6.45, 7) is 5.92. The van der Waals surface area contributed by atoms with Gasteiger partial charge in [0, 0.05) is 5.69 Å². The van der Waals surface area contributed by atoms with E-state index >= 15 is 0 Å². The van der Waals surface area contributed by atoms with Gasteiger partial charge in [-0.3, -0.25) is 4.57 Å². The van der Waals surface area contributed by atoms with Gasteiger partial charge >= 0.3 is 5.97 Å². The molecule has 0 saturated heterocycles. The van der Waals surface area contributed by atoms with Crippen LogP contribution in [0.25, 0.3) is 27.9 Å². The molecule has 0 fully saturated rings. The Morgan fingerprint density at radius 3 is 2.52 bits per heavy atom. The van der Waals surface area contributed by atoms with E-state index in [-0.39, 0.29) is 17.5 Å². The van der Waals surface area contributed by atoms with Crippen molar-refractivity contribution in [2.45, 2.75) is 39.7 Å². The second kappa shape index (κ2) is 7.54. The van der Waals surface area contributed by atoms with Gasteiger partial charge in [0.2, 0.25) is 0 Å². The number of benzene rings is 2. The van der Waals surface area contributed by atoms with E-state index in [1.165, 1.54) is 5.56 Å². The number of nitrogens with two attached hydrogens (primary N) is 1. The van der Waals surface area contributed by atoms with Gasteiger partial charge in [0.1, 0.15) is 16.9 Å². The van der Waals surface area contributed by atoms with Crippen LogP contribution in [0, 0.1) is 0 Å². The summed E-state index contributed by atoms with van der Waals surface area (Å²) < 4.78 is 7.37. The van der Waals surface area contributed by atoms with Crippen LogP contribution in [0.2, 0.25) is 0 Å². The smallest absolute Gasteiger partial charge is 0.344 e. The highest BCUT2D eigenvalue weighted by molar-refractivity contribution is 6.09. The molecule has 0 saturated carbocycles. The molecule has 6 nitrogen and oxygen atoms in total. The molecule has 0 aliphatic heterocycles. The summed E-state index contributed by atoms with van der Waals surface area (Å²) in [5.41, 5.74) is 11.2. The minimum Gasteiger partial charge on any atom is -0.459 e. The highest BCUT2D eigenvalue weighted by Gasteiger charge is 2.26. The summed E-state index contributed by atoms with van der Waals surface area (Å²) in [6, 6.07) is 15.6. The molecule has 4 aromatic rings. The zero-order valence-electron chi connectivity index (χ0n) is 16.8. The van der Waals surface area contributed by atoms with Gasteiger partial charge in [-0.25, -0.2) is 14.8 Å². The number of carbonyl (C=O) groups is 1. The third-order valence-corrected chi connectivity index (χ3v) is 5.16. The van der Waals surface area contributed by atoms with Crippen LogP contribution in [-0.2, 0) is 11.2 Å². The molecule has 0 radical (unpaired) electrons. The molecule has 0 bridgehead atoms. The van der Waals surface area contributed by atoms with Crippen molar-refractivity contribution in [3.63, 3.8) is 0 Å². The average molecular weight is 388 g/mol. The van der Waals surface area contributed by atoms with Crippen molar-refractivity contribution >= 4 is 34.0 Å². The van der Waals surface area contributed by atoms with E-state index in [4.69, 9.17) is 20.4 Å². The van der Waals surface area contributed by atoms with Crippen molar-refractivity contribution in [1.29, 1.82) is 0 Å². The second-order valence-corrected chi connectivity index (χ2v) is 7.13. The van der Waals surface area contributed by atoms with Crippen LogP contribution in [0.1, 0.15) is 43.1 Å². The molecule has 2 aromatic heterocycles. The molecule has 0 aliphatic carbocycles. The molecule has 2 heterocycles. The monoisotopic (exact) mass is 388 g/mol. The van der Waals surface area contributed by atoms with Crippen LogP contribution in [0.3, 0.4) is 0 Å². The Hall–Kier alpha value is -3.41. The molecule has 1 unspecified atom stereocenters. The number of hydrogen-bond donors (Lipinski definition) is 1. The lowest BCUT2D eigenvalue weighted by molar-refractivity contribution is 0.0338. The van der Waals surface area contributed by atoms with Crippen LogP contribution < -0.4 is 5.73 Å². The Labute approximate surface area is 169 Å². The first-order valence-electron chi connectivity index (χ1n) is 9.90. The number of carbonyl (C=O) groups excluding carboxylic acids is 1. The van der Waals surface area contributed by atoms with E-state index < -0.39 is 5.97 Å². The predicted molar refractivity (Wildman–Crippen MR) is 115 cm³/mol. The summed E-state index contributed by atoms with van der Waals surface area (Å²) >= 11 is 0. The van der Waals surface area contributed by atoms with Crippen molar-refractivity contribution in [1.82, 2.24) is 14.5 Å². The number of aryl methyl sites for hydroxylation is 1. The number of para-hydroxylation sites is 2. The molecule has 2 N–H and O–H groups in total. The van der Waals surface area contributed by atoms with Gasteiger partial charge in [-0.15, -0.1) is 0 Å². The largest absolute Gasteiger partial charge is 0.459 e. The molecule has 0 spiro atoms. The maximum absolute atomic E-state index is 13.0. The number of rotatable bonds is 5. The molecular formula is C23H24N4O2. The third kappa shape index (κ3) is 3.31. The number of aromatic nitrogens is 3. The zero-order chi connectivity index (χ0) is 20.5. The first-order chi connectivity index (χ1) is 14.0. The number of ether oxygens (including phenoxy) is 1. The zero-order valence-corrected chi connectivity index (χ0v) is 16.8. The summed E-state index contributed by atoms with van der Waals surface area (Å²) in [7, 11) is 0. The van der Waals surface area contributed by atoms with Crippen LogP contribution in [-0.4, -0.2) is 26.6 Å². The van der Waals surface area contributed by atoms with E-state index in [1.54, 1.807) is 4.57 Å². The fraction of sp³-hybridized carbons (Fsp3) is 0.261. The highest BCUT2D eigenvalue weighted by atomic mass is 16.5. The van der Waals surface area contributed by atoms with E-state index in [0.29, 0.717) is 16.7 Å². The second-order valence-electron chi connectivity index (χ2n) is 7.13. The molecular weight excluding hydrogens is 364 g/mol. The third-order valence-electron chi connectivity index (χ3n) is 5.16. The minimum atomic E-state index is -0.475. The standard InChI is InChI=1S/C23H24N4O2/c1-4-14(3)29-23(28)19-20-22(26-18-12-7-6-11-17(18)25-20)27(21(19)24)16-10-8-9-15(5-2)13-16/h6-14H,4-5,24H2,1-3H3. The van der Waals surface area contributed by atoms with Crippen LogP contribution in [0.5, 0.6) is 0 Å². The summed E-state index contributed by atoms with van der Waals surface area (Å²) in [5, 5.41) is 0.